The van der Waals surface area contributed by atoms with Gasteiger partial charge in [-0.15, -0.1) is 13.2 Å². The van der Waals surface area contributed by atoms with Gasteiger partial charge in [-0.25, -0.2) is 0 Å². The summed E-state index contributed by atoms with van der Waals surface area (Å²) in [6, 6.07) is 12.4. The van der Waals surface area contributed by atoms with Gasteiger partial charge in [0.25, 0.3) is 0 Å². The number of nitrogens with zero attached hydrogens (tertiary/aromatic N) is 1. The molecule has 2 aromatic carbocycles. The van der Waals surface area contributed by atoms with Gasteiger partial charge in [0.1, 0.15) is 17.1 Å². The molecule has 42 heavy (non-hydrogen) atoms. The van der Waals surface area contributed by atoms with E-state index in [1.165, 1.54) is 12.3 Å². The number of furan rings is 1. The van der Waals surface area contributed by atoms with E-state index in [1.54, 1.807) is 31.4 Å². The number of piperidine rings is 1. The topological polar surface area (TPSA) is 72.1 Å². The number of alkyl halides is 3. The van der Waals surface area contributed by atoms with Crippen molar-refractivity contribution in [3.63, 3.8) is 0 Å². The first-order valence-electron chi connectivity index (χ1n) is 14.7. The maximum atomic E-state index is 13.3. The molecule has 1 aliphatic carbocycles. The van der Waals surface area contributed by atoms with E-state index in [2.05, 4.69) is 27.8 Å². The second-order valence-corrected chi connectivity index (χ2v) is 12.2. The van der Waals surface area contributed by atoms with Crippen LogP contribution in [0, 0.1) is 11.8 Å². The van der Waals surface area contributed by atoms with Crippen LogP contribution in [0.2, 0.25) is 0 Å². The molecule has 1 aromatic heterocycles. The molecule has 3 aromatic rings. The first-order chi connectivity index (χ1) is 20.0. The van der Waals surface area contributed by atoms with Gasteiger partial charge in [0, 0.05) is 30.3 Å². The van der Waals surface area contributed by atoms with Gasteiger partial charge >= 0.3 is 12.3 Å². The molecule has 2 unspecified atom stereocenters. The van der Waals surface area contributed by atoms with Crippen molar-refractivity contribution in [1.82, 2.24) is 4.90 Å². The van der Waals surface area contributed by atoms with Crippen molar-refractivity contribution < 1.29 is 37.0 Å². The van der Waals surface area contributed by atoms with Crippen LogP contribution in [0.4, 0.5) is 13.2 Å². The molecule has 2 fully saturated rings. The molecule has 6 nitrogen and oxygen atoms in total. The van der Waals surface area contributed by atoms with E-state index in [4.69, 9.17) is 9.15 Å². The lowest BCUT2D eigenvalue weighted by molar-refractivity contribution is -0.275. The summed E-state index contributed by atoms with van der Waals surface area (Å²) in [5.74, 6) is -0.216. The van der Waals surface area contributed by atoms with Gasteiger partial charge in [0.2, 0.25) is 0 Å². The van der Waals surface area contributed by atoms with Crippen LogP contribution in [-0.4, -0.2) is 41.0 Å². The Bertz CT molecular complexity index is 1420. The summed E-state index contributed by atoms with van der Waals surface area (Å²) >= 11 is 0. The lowest BCUT2D eigenvalue weighted by Gasteiger charge is -2.46. The standard InChI is InChI=1S/C33H36F3NO5/c1-20(31(38)39)30(23-4-5-23)25-6-3-22-9-11-32(41-29(22)18-25)12-14-37(15-13-32)21(2)27-17-24(26-10-16-40-19-26)7-8-28(27)42-33(34,35)36/h3,6-8,10,16-21,23,30H,4-5,9,11-15H2,1-2H3,(H,38,39)/t20-,21?,30?/m0/s1. The second kappa shape index (κ2) is 11.0. The fraction of sp³-hybridized carbons (Fsp3) is 0.485. The smallest absolute Gasteiger partial charge is 0.487 e. The third-order valence-electron chi connectivity index (χ3n) is 9.51. The van der Waals surface area contributed by atoms with Crippen molar-refractivity contribution in [1.29, 1.82) is 0 Å². The number of benzene rings is 2. The molecule has 2 aliphatic heterocycles. The zero-order chi connectivity index (χ0) is 29.6. The molecule has 3 heterocycles. The van der Waals surface area contributed by atoms with Crippen LogP contribution in [0.1, 0.15) is 74.6 Å². The lowest BCUT2D eigenvalue weighted by atomic mass is 9.80. The minimum atomic E-state index is -4.79. The van der Waals surface area contributed by atoms with Crippen LogP contribution < -0.4 is 9.47 Å². The van der Waals surface area contributed by atoms with Crippen molar-refractivity contribution in [3.8, 4) is 22.6 Å². The number of fused-ring (bicyclic) bond motifs is 1. The summed E-state index contributed by atoms with van der Waals surface area (Å²) in [4.78, 5) is 14.0. The van der Waals surface area contributed by atoms with E-state index >= 15 is 0 Å². The summed E-state index contributed by atoms with van der Waals surface area (Å²) < 4.78 is 56.2. The maximum absolute atomic E-state index is 13.3. The monoisotopic (exact) mass is 583 g/mol. The molecule has 9 heteroatoms. The summed E-state index contributed by atoms with van der Waals surface area (Å²) in [6.07, 6.45) is 3.66. The van der Waals surface area contributed by atoms with E-state index < -0.39 is 18.2 Å². The molecular formula is C33H36F3NO5. The Hall–Kier alpha value is -3.46. The number of halogens is 3. The number of carboxylic acids is 1. The number of aliphatic carboxylic acids is 1. The van der Waals surface area contributed by atoms with Gasteiger partial charge < -0.3 is 19.0 Å². The van der Waals surface area contributed by atoms with E-state index in [0.29, 0.717) is 24.6 Å². The predicted octanol–water partition coefficient (Wildman–Crippen LogP) is 7.98. The molecule has 1 N–H and O–H groups in total. The van der Waals surface area contributed by atoms with Crippen LogP contribution in [0.15, 0.2) is 59.4 Å². The van der Waals surface area contributed by atoms with Gasteiger partial charge in [-0.2, -0.15) is 0 Å². The Morgan fingerprint density at radius 1 is 1.05 bits per heavy atom. The van der Waals surface area contributed by atoms with E-state index in [1.807, 2.05) is 6.92 Å². The Labute approximate surface area is 243 Å². The van der Waals surface area contributed by atoms with Crippen LogP contribution in [0.3, 0.4) is 0 Å². The Morgan fingerprint density at radius 3 is 2.45 bits per heavy atom. The fourth-order valence-corrected chi connectivity index (χ4v) is 6.87. The number of hydrogen-bond acceptors (Lipinski definition) is 5. The van der Waals surface area contributed by atoms with Gasteiger partial charge in [-0.1, -0.05) is 25.1 Å². The van der Waals surface area contributed by atoms with Crippen molar-refractivity contribution in [2.45, 2.75) is 76.3 Å². The van der Waals surface area contributed by atoms with Crippen molar-refractivity contribution in [2.75, 3.05) is 13.1 Å². The normalized spacial score (nSPS) is 20.8. The summed E-state index contributed by atoms with van der Waals surface area (Å²) in [5, 5.41) is 9.71. The zero-order valence-electron chi connectivity index (χ0n) is 23.8. The van der Waals surface area contributed by atoms with Crippen molar-refractivity contribution >= 4 is 5.97 Å². The van der Waals surface area contributed by atoms with Gasteiger partial charge in [0.05, 0.1) is 18.4 Å². The number of aryl methyl sites for hydroxylation is 1. The zero-order valence-corrected chi connectivity index (χ0v) is 23.8. The molecular weight excluding hydrogens is 547 g/mol. The number of ether oxygens (including phenoxy) is 2. The maximum Gasteiger partial charge on any atom is 0.573 e. The number of likely N-dealkylation sites (tertiary alicyclic amines) is 1. The first kappa shape index (κ1) is 28.6. The summed E-state index contributed by atoms with van der Waals surface area (Å²) in [5.41, 5.74) is 3.85. The molecule has 0 radical (unpaired) electrons. The van der Waals surface area contributed by atoms with Gasteiger partial charge in [-0.3, -0.25) is 9.69 Å². The molecule has 3 atom stereocenters. The summed E-state index contributed by atoms with van der Waals surface area (Å²) in [6.45, 7) is 5.04. The van der Waals surface area contributed by atoms with E-state index in [-0.39, 0.29) is 23.3 Å². The highest BCUT2D eigenvalue weighted by Crippen LogP contribution is 2.49. The summed E-state index contributed by atoms with van der Waals surface area (Å²) in [7, 11) is 0. The third kappa shape index (κ3) is 5.89. The third-order valence-corrected chi connectivity index (χ3v) is 9.51. The van der Waals surface area contributed by atoms with Crippen LogP contribution >= 0.6 is 0 Å². The largest absolute Gasteiger partial charge is 0.573 e. The van der Waals surface area contributed by atoms with Crippen LogP contribution in [0.5, 0.6) is 11.5 Å². The molecule has 1 saturated heterocycles. The number of carboxylic acid groups (broad SMARTS) is 1. The minimum absolute atomic E-state index is 0.0251. The molecule has 0 amide bonds. The highest BCUT2D eigenvalue weighted by molar-refractivity contribution is 5.71. The minimum Gasteiger partial charge on any atom is -0.487 e. The molecule has 3 aliphatic rings. The molecule has 6 rings (SSSR count). The lowest BCUT2D eigenvalue weighted by Crippen LogP contribution is -2.50. The van der Waals surface area contributed by atoms with E-state index in [0.717, 1.165) is 66.5 Å². The van der Waals surface area contributed by atoms with Crippen molar-refractivity contribution in [3.05, 3.63) is 71.7 Å². The second-order valence-electron chi connectivity index (χ2n) is 12.2. The first-order valence-corrected chi connectivity index (χ1v) is 14.7. The fourth-order valence-electron chi connectivity index (χ4n) is 6.87. The quantitative estimate of drug-likeness (QED) is 0.290. The highest BCUT2D eigenvalue weighted by Gasteiger charge is 2.43. The predicted molar refractivity (Wildman–Crippen MR) is 150 cm³/mol. The highest BCUT2D eigenvalue weighted by atomic mass is 19.4. The van der Waals surface area contributed by atoms with Crippen molar-refractivity contribution in [2.24, 2.45) is 11.8 Å². The SMILES string of the molecule is CC(c1cc(-c2ccoc2)ccc1OC(F)(F)F)N1CCC2(CCc3ccc(C(C4CC4)[C@H](C)C(=O)O)cc3O2)CC1. The Morgan fingerprint density at radius 2 is 1.81 bits per heavy atom. The average Bonchev–Trinajstić information content (AvgIpc) is 3.63. The number of hydrogen-bond donors (Lipinski definition) is 1. The molecule has 224 valence electrons. The molecule has 1 spiro atoms. The van der Waals surface area contributed by atoms with Gasteiger partial charge in [-0.05, 0) is 98.2 Å². The number of carbonyl (C=O) groups is 1. The Balaban J connectivity index is 1.19. The van der Waals surface area contributed by atoms with Crippen LogP contribution in [-0.2, 0) is 11.2 Å². The Kier molecular flexibility index (Phi) is 7.50. The van der Waals surface area contributed by atoms with Crippen LogP contribution in [0.25, 0.3) is 11.1 Å². The number of rotatable bonds is 8. The molecule has 1 saturated carbocycles. The molecule has 0 bridgehead atoms. The van der Waals surface area contributed by atoms with Gasteiger partial charge in [0.15, 0.2) is 0 Å². The van der Waals surface area contributed by atoms with E-state index in [9.17, 15) is 23.1 Å². The average molecular weight is 584 g/mol.